The molecule has 0 aliphatic heterocycles. The standard InChI is InChI=1S/C12H12BNO3/c1-16-13(15)10-7-8-12(14-9-10)17-11-5-3-2-4-6-11/h2-9,15H,1H3. The summed E-state index contributed by atoms with van der Waals surface area (Å²) in [7, 11) is 0.479. The highest BCUT2D eigenvalue weighted by molar-refractivity contribution is 6.59. The van der Waals surface area contributed by atoms with Crippen LogP contribution in [0.25, 0.3) is 0 Å². The number of rotatable bonds is 4. The van der Waals surface area contributed by atoms with Crippen molar-refractivity contribution in [3.63, 3.8) is 0 Å². The fourth-order valence-corrected chi connectivity index (χ4v) is 1.34. The SMILES string of the molecule is COB(O)c1ccc(Oc2ccccc2)nc1. The molecule has 5 heteroatoms. The van der Waals surface area contributed by atoms with E-state index in [1.54, 1.807) is 12.1 Å². The van der Waals surface area contributed by atoms with Gasteiger partial charge in [-0.3, -0.25) is 0 Å². The van der Waals surface area contributed by atoms with Crippen molar-refractivity contribution >= 4 is 12.6 Å². The molecule has 1 heterocycles. The summed E-state index contributed by atoms with van der Waals surface area (Å²) in [5.74, 6) is 1.20. The summed E-state index contributed by atoms with van der Waals surface area (Å²) in [6.45, 7) is 0. The van der Waals surface area contributed by atoms with Crippen LogP contribution >= 0.6 is 0 Å². The molecular formula is C12H12BNO3. The number of pyridine rings is 1. The van der Waals surface area contributed by atoms with Crippen molar-refractivity contribution in [1.29, 1.82) is 0 Å². The first-order valence-electron chi connectivity index (χ1n) is 5.19. The van der Waals surface area contributed by atoms with Gasteiger partial charge in [0.05, 0.1) is 0 Å². The van der Waals surface area contributed by atoms with Gasteiger partial charge in [0.2, 0.25) is 5.88 Å². The molecule has 0 saturated carbocycles. The highest BCUT2D eigenvalue weighted by Crippen LogP contribution is 2.17. The molecule has 2 aromatic rings. The average molecular weight is 229 g/mol. The van der Waals surface area contributed by atoms with E-state index in [0.29, 0.717) is 11.3 Å². The quantitative estimate of drug-likeness (QED) is 0.800. The van der Waals surface area contributed by atoms with E-state index in [-0.39, 0.29) is 0 Å². The molecule has 0 bridgehead atoms. The molecule has 0 unspecified atom stereocenters. The lowest BCUT2D eigenvalue weighted by atomic mass is 9.81. The summed E-state index contributed by atoms with van der Waals surface area (Å²) in [5, 5.41) is 9.41. The second-order valence-corrected chi connectivity index (χ2v) is 3.43. The molecule has 0 spiro atoms. The number of hydrogen-bond acceptors (Lipinski definition) is 4. The van der Waals surface area contributed by atoms with Crippen LogP contribution in [0.4, 0.5) is 0 Å². The summed E-state index contributed by atoms with van der Waals surface area (Å²) in [6, 6.07) is 12.8. The van der Waals surface area contributed by atoms with Gasteiger partial charge in [-0.2, -0.15) is 0 Å². The van der Waals surface area contributed by atoms with Crippen molar-refractivity contribution in [3.8, 4) is 11.6 Å². The molecule has 17 heavy (non-hydrogen) atoms. The molecular weight excluding hydrogens is 217 g/mol. The Balaban J connectivity index is 2.08. The van der Waals surface area contributed by atoms with Crippen LogP contribution in [0.3, 0.4) is 0 Å². The van der Waals surface area contributed by atoms with Crippen LogP contribution in [0, 0.1) is 0 Å². The van der Waals surface area contributed by atoms with Gasteiger partial charge in [0.1, 0.15) is 5.75 Å². The number of nitrogens with zero attached hydrogens (tertiary/aromatic N) is 1. The molecule has 1 aromatic carbocycles. The van der Waals surface area contributed by atoms with E-state index in [2.05, 4.69) is 4.98 Å². The van der Waals surface area contributed by atoms with Gasteiger partial charge < -0.3 is 14.4 Å². The zero-order valence-corrected chi connectivity index (χ0v) is 9.41. The second kappa shape index (κ2) is 5.47. The van der Waals surface area contributed by atoms with Crippen LogP contribution < -0.4 is 10.2 Å². The number of hydrogen-bond donors (Lipinski definition) is 1. The van der Waals surface area contributed by atoms with E-state index >= 15 is 0 Å². The Morgan fingerprint density at radius 2 is 1.88 bits per heavy atom. The van der Waals surface area contributed by atoms with Gasteiger partial charge in [0.25, 0.3) is 0 Å². The molecule has 0 atom stereocenters. The summed E-state index contributed by atoms with van der Waals surface area (Å²) in [5.41, 5.74) is 0.591. The first kappa shape index (κ1) is 11.6. The van der Waals surface area contributed by atoms with Crippen LogP contribution in [0.15, 0.2) is 48.7 Å². The van der Waals surface area contributed by atoms with Crippen LogP contribution in [-0.2, 0) is 4.65 Å². The van der Waals surface area contributed by atoms with E-state index in [1.807, 2.05) is 30.3 Å². The van der Waals surface area contributed by atoms with Gasteiger partial charge in [-0.05, 0) is 12.1 Å². The second-order valence-electron chi connectivity index (χ2n) is 3.43. The monoisotopic (exact) mass is 229 g/mol. The summed E-state index contributed by atoms with van der Waals surface area (Å²) in [6.07, 6.45) is 1.52. The van der Waals surface area contributed by atoms with Crippen molar-refractivity contribution in [2.45, 2.75) is 0 Å². The van der Waals surface area contributed by atoms with Gasteiger partial charge in [-0.25, -0.2) is 4.98 Å². The lowest BCUT2D eigenvalue weighted by Crippen LogP contribution is -2.32. The summed E-state index contributed by atoms with van der Waals surface area (Å²) in [4.78, 5) is 4.08. The fourth-order valence-electron chi connectivity index (χ4n) is 1.34. The molecule has 0 fully saturated rings. The van der Waals surface area contributed by atoms with E-state index < -0.39 is 7.12 Å². The maximum absolute atomic E-state index is 9.41. The number of aromatic nitrogens is 1. The Hall–Kier alpha value is -1.85. The minimum atomic E-state index is -0.951. The van der Waals surface area contributed by atoms with Crippen molar-refractivity contribution in [2.75, 3.05) is 7.11 Å². The predicted octanol–water partition coefficient (Wildman–Crippen LogP) is 1.21. The van der Waals surface area contributed by atoms with E-state index in [9.17, 15) is 5.02 Å². The molecule has 1 aromatic heterocycles. The van der Waals surface area contributed by atoms with Crippen LogP contribution in [0.1, 0.15) is 0 Å². The Kier molecular flexibility index (Phi) is 3.75. The van der Waals surface area contributed by atoms with Crippen molar-refractivity contribution in [2.24, 2.45) is 0 Å². The van der Waals surface area contributed by atoms with Gasteiger partial charge in [0, 0.05) is 24.8 Å². The van der Waals surface area contributed by atoms with Gasteiger partial charge in [-0.1, -0.05) is 24.3 Å². The summed E-state index contributed by atoms with van der Waals surface area (Å²) >= 11 is 0. The fraction of sp³-hybridized carbons (Fsp3) is 0.0833. The molecule has 0 amide bonds. The van der Waals surface area contributed by atoms with Gasteiger partial charge >= 0.3 is 7.12 Å². The first-order valence-corrected chi connectivity index (χ1v) is 5.19. The first-order chi connectivity index (χ1) is 8.29. The third kappa shape index (κ3) is 3.06. The predicted molar refractivity (Wildman–Crippen MR) is 65.4 cm³/mol. The Labute approximate surface area is 100.0 Å². The maximum Gasteiger partial charge on any atom is 0.492 e. The van der Waals surface area contributed by atoms with Crippen molar-refractivity contribution < 1.29 is 14.4 Å². The Morgan fingerprint density at radius 1 is 1.12 bits per heavy atom. The average Bonchev–Trinajstić information content (AvgIpc) is 2.40. The molecule has 2 rings (SSSR count). The number of para-hydroxylation sites is 1. The van der Waals surface area contributed by atoms with Crippen LogP contribution in [-0.4, -0.2) is 24.2 Å². The summed E-state index contributed by atoms with van der Waals surface area (Å²) < 4.78 is 10.3. The van der Waals surface area contributed by atoms with E-state index in [0.717, 1.165) is 5.75 Å². The Morgan fingerprint density at radius 3 is 2.47 bits per heavy atom. The largest absolute Gasteiger partial charge is 0.492 e. The topological polar surface area (TPSA) is 51.6 Å². The molecule has 0 aliphatic carbocycles. The zero-order chi connectivity index (χ0) is 12.1. The molecule has 4 nitrogen and oxygen atoms in total. The van der Waals surface area contributed by atoms with E-state index in [4.69, 9.17) is 9.39 Å². The number of benzene rings is 1. The zero-order valence-electron chi connectivity index (χ0n) is 9.41. The number of ether oxygens (including phenoxy) is 1. The molecule has 0 saturated heterocycles. The third-order valence-electron chi connectivity index (χ3n) is 2.23. The van der Waals surface area contributed by atoms with Gasteiger partial charge in [-0.15, -0.1) is 0 Å². The van der Waals surface area contributed by atoms with Gasteiger partial charge in [0.15, 0.2) is 0 Å². The Bertz CT molecular complexity index is 461. The molecule has 0 aliphatic rings. The van der Waals surface area contributed by atoms with E-state index in [1.165, 1.54) is 13.3 Å². The third-order valence-corrected chi connectivity index (χ3v) is 2.23. The highest BCUT2D eigenvalue weighted by atomic mass is 16.5. The van der Waals surface area contributed by atoms with Crippen LogP contribution in [0.2, 0.25) is 0 Å². The van der Waals surface area contributed by atoms with Crippen molar-refractivity contribution in [1.82, 2.24) is 4.98 Å². The van der Waals surface area contributed by atoms with Crippen LogP contribution in [0.5, 0.6) is 11.6 Å². The smallest absolute Gasteiger partial charge is 0.439 e. The lowest BCUT2D eigenvalue weighted by Gasteiger charge is -2.06. The lowest BCUT2D eigenvalue weighted by molar-refractivity contribution is 0.341. The normalized spacial score (nSPS) is 10.0. The minimum Gasteiger partial charge on any atom is -0.439 e. The molecule has 1 N–H and O–H groups in total. The van der Waals surface area contributed by atoms with Crippen molar-refractivity contribution in [3.05, 3.63) is 48.7 Å². The highest BCUT2D eigenvalue weighted by Gasteiger charge is 2.14. The minimum absolute atomic E-state index is 0.475. The molecule has 86 valence electrons. The maximum atomic E-state index is 9.41. The molecule has 0 radical (unpaired) electrons.